The van der Waals surface area contributed by atoms with Gasteiger partial charge in [-0.15, -0.1) is 0 Å². The Kier molecular flexibility index (Phi) is 5.88. The van der Waals surface area contributed by atoms with Gasteiger partial charge in [-0.1, -0.05) is 24.8 Å². The molecule has 2 aromatic carbocycles. The number of hydrogen-bond donors (Lipinski definition) is 3. The van der Waals surface area contributed by atoms with Crippen molar-refractivity contribution in [3.05, 3.63) is 79.6 Å². The number of anilines is 4. The number of para-hydroxylation sites is 1. The highest BCUT2D eigenvalue weighted by Gasteiger charge is 2.22. The Labute approximate surface area is 197 Å². The van der Waals surface area contributed by atoms with Crippen molar-refractivity contribution < 1.29 is 4.79 Å². The van der Waals surface area contributed by atoms with Gasteiger partial charge in [0.1, 0.15) is 0 Å². The minimum atomic E-state index is -0.273. The quantitative estimate of drug-likeness (QED) is 0.361. The van der Waals surface area contributed by atoms with Crippen LogP contribution in [0, 0.1) is 0 Å². The van der Waals surface area contributed by atoms with E-state index in [1.807, 2.05) is 36.4 Å². The van der Waals surface area contributed by atoms with Crippen LogP contribution in [0.3, 0.4) is 0 Å². The summed E-state index contributed by atoms with van der Waals surface area (Å²) < 4.78 is 0. The first kappa shape index (κ1) is 21.5. The van der Waals surface area contributed by atoms with Crippen LogP contribution in [0.25, 0.3) is 22.2 Å². The predicted molar refractivity (Wildman–Crippen MR) is 136 cm³/mol. The zero-order valence-corrected chi connectivity index (χ0v) is 18.8. The smallest absolute Gasteiger partial charge is 0.247 e. The summed E-state index contributed by atoms with van der Waals surface area (Å²) in [6.45, 7) is 5.61. The molecule has 0 radical (unpaired) electrons. The molecule has 1 fully saturated rings. The molecule has 8 nitrogen and oxygen atoms in total. The minimum absolute atomic E-state index is 0.273. The van der Waals surface area contributed by atoms with E-state index < -0.39 is 0 Å². The molecule has 1 aliphatic rings. The Morgan fingerprint density at radius 1 is 1.06 bits per heavy atom. The molecule has 0 bridgehead atoms. The number of aromatic nitrogens is 3. The third-order valence-electron chi connectivity index (χ3n) is 5.68. The summed E-state index contributed by atoms with van der Waals surface area (Å²) >= 11 is 0. The van der Waals surface area contributed by atoms with Gasteiger partial charge in [-0.25, -0.2) is 9.97 Å². The number of amides is 1. The molecule has 34 heavy (non-hydrogen) atoms. The van der Waals surface area contributed by atoms with E-state index in [2.05, 4.69) is 56.6 Å². The summed E-state index contributed by atoms with van der Waals surface area (Å²) in [4.78, 5) is 27.7. The van der Waals surface area contributed by atoms with Gasteiger partial charge in [0.15, 0.2) is 0 Å². The lowest BCUT2D eigenvalue weighted by atomic mass is 10.1. The summed E-state index contributed by atoms with van der Waals surface area (Å²) in [5.74, 6) is 0.225. The number of likely N-dealkylation sites (tertiary alicyclic amines) is 1. The number of nitrogens with one attached hydrogen (secondary N) is 3. The number of likely N-dealkylation sites (N-methyl/N-ethyl adjacent to an activating group) is 1. The molecule has 1 aliphatic heterocycles. The molecule has 8 heteroatoms. The van der Waals surface area contributed by atoms with Crippen LogP contribution in [-0.4, -0.2) is 51.9 Å². The zero-order chi connectivity index (χ0) is 23.5. The number of benzene rings is 2. The van der Waals surface area contributed by atoms with Gasteiger partial charge >= 0.3 is 0 Å². The molecule has 1 amide bonds. The first-order chi connectivity index (χ1) is 16.6. The molecule has 5 rings (SSSR count). The van der Waals surface area contributed by atoms with Crippen LogP contribution in [0.1, 0.15) is 0 Å². The van der Waals surface area contributed by atoms with Crippen LogP contribution in [-0.2, 0) is 4.79 Å². The van der Waals surface area contributed by atoms with Gasteiger partial charge in [0.2, 0.25) is 11.9 Å². The van der Waals surface area contributed by atoms with E-state index >= 15 is 0 Å². The van der Waals surface area contributed by atoms with Gasteiger partial charge in [-0.05, 0) is 49.5 Å². The van der Waals surface area contributed by atoms with Gasteiger partial charge in [0, 0.05) is 53.5 Å². The number of carbonyl (C=O) groups excluding carboxylic acids is 1. The third kappa shape index (κ3) is 4.72. The fraction of sp³-hybridized carbons (Fsp3) is 0.154. The second-order valence-corrected chi connectivity index (χ2v) is 8.32. The number of pyridine rings is 1. The van der Waals surface area contributed by atoms with Gasteiger partial charge in [-0.3, -0.25) is 9.78 Å². The number of fused-ring (bicyclic) bond motifs is 1. The van der Waals surface area contributed by atoms with E-state index in [-0.39, 0.29) is 5.91 Å². The predicted octanol–water partition coefficient (Wildman–Crippen LogP) is 4.29. The molecule has 0 saturated carbocycles. The summed E-state index contributed by atoms with van der Waals surface area (Å²) in [6.07, 6.45) is 4.68. The van der Waals surface area contributed by atoms with Gasteiger partial charge in [-0.2, -0.15) is 0 Å². The third-order valence-corrected chi connectivity index (χ3v) is 5.68. The highest BCUT2D eigenvalue weighted by atomic mass is 16.1. The Morgan fingerprint density at radius 3 is 2.62 bits per heavy atom. The van der Waals surface area contributed by atoms with E-state index in [0.717, 1.165) is 40.9 Å². The topological polar surface area (TPSA) is 95.1 Å². The van der Waals surface area contributed by atoms with Crippen molar-refractivity contribution in [2.75, 3.05) is 36.1 Å². The second-order valence-electron chi connectivity index (χ2n) is 8.32. The Morgan fingerprint density at radius 2 is 1.85 bits per heavy atom. The Hall–Kier alpha value is -4.30. The van der Waals surface area contributed by atoms with E-state index in [9.17, 15) is 4.79 Å². The van der Waals surface area contributed by atoms with Crippen LogP contribution in [0.15, 0.2) is 79.6 Å². The fourth-order valence-electron chi connectivity index (χ4n) is 3.98. The summed E-state index contributed by atoms with van der Waals surface area (Å²) in [5.41, 5.74) is 4.96. The molecule has 3 N–H and O–H groups in total. The van der Waals surface area contributed by atoms with Crippen LogP contribution in [0.4, 0.5) is 23.0 Å². The highest BCUT2D eigenvalue weighted by Crippen LogP contribution is 2.28. The maximum Gasteiger partial charge on any atom is 0.247 e. The van der Waals surface area contributed by atoms with Gasteiger partial charge < -0.3 is 20.9 Å². The molecule has 170 valence electrons. The minimum Gasteiger partial charge on any atom is -0.380 e. The number of rotatable bonds is 7. The first-order valence-corrected chi connectivity index (χ1v) is 11.1. The second kappa shape index (κ2) is 9.29. The van der Waals surface area contributed by atoms with Crippen molar-refractivity contribution >= 4 is 39.8 Å². The summed E-state index contributed by atoms with van der Waals surface area (Å²) in [7, 11) is 2.12. The highest BCUT2D eigenvalue weighted by molar-refractivity contribution is 5.99. The van der Waals surface area contributed by atoms with Crippen molar-refractivity contribution in [2.24, 2.45) is 0 Å². The average molecular weight is 452 g/mol. The zero-order valence-electron chi connectivity index (χ0n) is 18.8. The van der Waals surface area contributed by atoms with Crippen molar-refractivity contribution in [1.29, 1.82) is 0 Å². The largest absolute Gasteiger partial charge is 0.380 e. The molecule has 0 spiro atoms. The van der Waals surface area contributed by atoms with Crippen LogP contribution < -0.4 is 16.0 Å². The van der Waals surface area contributed by atoms with Crippen molar-refractivity contribution in [3.63, 3.8) is 0 Å². The van der Waals surface area contributed by atoms with Crippen molar-refractivity contribution in [1.82, 2.24) is 19.9 Å². The van der Waals surface area contributed by atoms with Gasteiger partial charge in [0.05, 0.1) is 17.3 Å². The Bertz CT molecular complexity index is 1350. The van der Waals surface area contributed by atoms with E-state index in [1.165, 1.54) is 6.08 Å². The molecular formula is C26H25N7O. The lowest BCUT2D eigenvalue weighted by molar-refractivity contribution is -0.111. The number of carbonyl (C=O) groups is 1. The number of hydrogen-bond acceptors (Lipinski definition) is 7. The monoisotopic (exact) mass is 451 g/mol. The van der Waals surface area contributed by atoms with Crippen molar-refractivity contribution in [3.8, 4) is 11.3 Å². The maximum atomic E-state index is 11.7. The number of nitrogens with zero attached hydrogens (tertiary/aromatic N) is 4. The maximum absolute atomic E-state index is 11.7. The fourth-order valence-corrected chi connectivity index (χ4v) is 3.98. The molecule has 1 saturated heterocycles. The van der Waals surface area contributed by atoms with Crippen LogP contribution in [0.5, 0.6) is 0 Å². The van der Waals surface area contributed by atoms with Crippen LogP contribution >= 0.6 is 0 Å². The molecule has 0 aliphatic carbocycles. The summed E-state index contributed by atoms with van der Waals surface area (Å²) in [5, 5.41) is 10.5. The lowest BCUT2D eigenvalue weighted by Gasteiger charge is -2.37. The summed E-state index contributed by atoms with van der Waals surface area (Å²) in [6, 6.07) is 18.1. The molecular weight excluding hydrogens is 426 g/mol. The molecule has 2 aromatic heterocycles. The van der Waals surface area contributed by atoms with Gasteiger partial charge in [0.25, 0.3) is 0 Å². The standard InChI is InChI=1S/C26H25N7O/c1-3-24(34)30-20-11-12-27-23(13-20)22-6-4-5-17-14-28-26(32-25(17)22)31-19-9-7-18(8-10-19)29-21-15-33(2)16-21/h3-14,21,29H,1,15-16H2,2H3,(H,27,30,34)(H,28,31,32). The van der Waals surface area contributed by atoms with Crippen LogP contribution in [0.2, 0.25) is 0 Å². The first-order valence-electron chi connectivity index (χ1n) is 11.1. The average Bonchev–Trinajstić information content (AvgIpc) is 2.84. The van der Waals surface area contributed by atoms with E-state index in [4.69, 9.17) is 4.98 Å². The SMILES string of the molecule is C=CC(=O)Nc1ccnc(-c2cccc3cnc(Nc4ccc(NC5CN(C)C5)cc4)nc23)c1. The molecule has 0 unspecified atom stereocenters. The van der Waals surface area contributed by atoms with E-state index in [0.29, 0.717) is 23.4 Å². The molecule has 4 aromatic rings. The van der Waals surface area contributed by atoms with E-state index in [1.54, 1.807) is 18.5 Å². The molecule has 3 heterocycles. The Balaban J connectivity index is 1.38. The van der Waals surface area contributed by atoms with Crippen molar-refractivity contribution in [2.45, 2.75) is 6.04 Å². The molecule has 0 atom stereocenters. The normalized spacial score (nSPS) is 13.8. The lowest BCUT2D eigenvalue weighted by Crippen LogP contribution is -2.52.